The maximum atomic E-state index is 12.1. The first kappa shape index (κ1) is 23.6. The molecule has 2 rings (SSSR count). The fourth-order valence-corrected chi connectivity index (χ4v) is 2.47. The summed E-state index contributed by atoms with van der Waals surface area (Å²) in [4.78, 5) is 35.1. The zero-order valence-corrected chi connectivity index (χ0v) is 17.5. The number of nitrogens with one attached hydrogen (secondary N) is 3. The van der Waals surface area contributed by atoms with E-state index >= 15 is 0 Å². The number of hydrazone groups is 1. The molecule has 0 fully saturated rings. The third-order valence-corrected chi connectivity index (χ3v) is 4.10. The minimum atomic E-state index is -0.872. The summed E-state index contributed by atoms with van der Waals surface area (Å²) in [5.41, 5.74) is 3.83. The summed E-state index contributed by atoms with van der Waals surface area (Å²) in [7, 11) is 1.49. The van der Waals surface area contributed by atoms with Crippen molar-refractivity contribution in [3.8, 4) is 5.75 Å². The molecule has 1 atom stereocenters. The second kappa shape index (κ2) is 12.8. The number of benzene rings is 2. The van der Waals surface area contributed by atoms with E-state index < -0.39 is 11.8 Å². The Balaban J connectivity index is 1.73. The Kier molecular flexibility index (Phi) is 9.70. The number of hydrogen-bond donors (Lipinski definition) is 3. The summed E-state index contributed by atoms with van der Waals surface area (Å²) in [5, 5.41) is 9.00. The van der Waals surface area contributed by atoms with Crippen molar-refractivity contribution in [2.75, 3.05) is 26.9 Å². The SMILES string of the molecule is COCCNC(=O)C(=O)N/N=C\c1ccc(OCC(=O)N[C@@H](C)c2ccccc2)cc1. The van der Waals surface area contributed by atoms with Crippen LogP contribution in [0.2, 0.25) is 0 Å². The third kappa shape index (κ3) is 8.67. The smallest absolute Gasteiger partial charge is 0.329 e. The summed E-state index contributed by atoms with van der Waals surface area (Å²) in [6, 6.07) is 16.3. The van der Waals surface area contributed by atoms with Gasteiger partial charge in [0.05, 0.1) is 18.9 Å². The van der Waals surface area contributed by atoms with Crippen LogP contribution in [0.1, 0.15) is 24.1 Å². The van der Waals surface area contributed by atoms with Gasteiger partial charge in [-0.25, -0.2) is 5.43 Å². The van der Waals surface area contributed by atoms with Crippen LogP contribution in [0.5, 0.6) is 5.75 Å². The number of methoxy groups -OCH3 is 1. The van der Waals surface area contributed by atoms with Crippen molar-refractivity contribution < 1.29 is 23.9 Å². The number of hydrogen-bond acceptors (Lipinski definition) is 6. The molecule has 0 radical (unpaired) electrons. The zero-order valence-electron chi connectivity index (χ0n) is 17.5. The van der Waals surface area contributed by atoms with Crippen LogP contribution in [0.3, 0.4) is 0 Å². The van der Waals surface area contributed by atoms with Crippen LogP contribution in [-0.4, -0.2) is 50.8 Å². The lowest BCUT2D eigenvalue weighted by molar-refractivity contribution is -0.139. The lowest BCUT2D eigenvalue weighted by Gasteiger charge is -2.14. The van der Waals surface area contributed by atoms with Gasteiger partial charge >= 0.3 is 11.8 Å². The van der Waals surface area contributed by atoms with Crippen molar-refractivity contribution in [1.29, 1.82) is 0 Å². The molecule has 9 nitrogen and oxygen atoms in total. The van der Waals surface area contributed by atoms with Crippen molar-refractivity contribution >= 4 is 23.9 Å². The van der Waals surface area contributed by atoms with Crippen LogP contribution >= 0.6 is 0 Å². The molecule has 0 heterocycles. The fourth-order valence-electron chi connectivity index (χ4n) is 2.47. The number of amides is 3. The Morgan fingerprint density at radius 3 is 2.42 bits per heavy atom. The van der Waals surface area contributed by atoms with Gasteiger partial charge in [-0.3, -0.25) is 14.4 Å². The van der Waals surface area contributed by atoms with Crippen LogP contribution in [-0.2, 0) is 19.1 Å². The van der Waals surface area contributed by atoms with Crippen molar-refractivity contribution in [2.45, 2.75) is 13.0 Å². The predicted octanol–water partition coefficient (Wildman–Crippen LogP) is 1.16. The van der Waals surface area contributed by atoms with E-state index in [-0.39, 0.29) is 25.1 Å². The summed E-state index contributed by atoms with van der Waals surface area (Å²) < 4.78 is 10.3. The van der Waals surface area contributed by atoms with E-state index in [0.29, 0.717) is 17.9 Å². The molecule has 0 aliphatic heterocycles. The normalized spacial score (nSPS) is 11.5. The fraction of sp³-hybridized carbons (Fsp3) is 0.273. The molecule has 0 aliphatic rings. The highest BCUT2D eigenvalue weighted by Crippen LogP contribution is 2.13. The van der Waals surface area contributed by atoms with Gasteiger partial charge in [0.15, 0.2) is 6.61 Å². The van der Waals surface area contributed by atoms with Crippen LogP contribution in [0.4, 0.5) is 0 Å². The zero-order chi connectivity index (χ0) is 22.5. The number of carbonyl (C=O) groups is 3. The minimum absolute atomic E-state index is 0.112. The van der Waals surface area contributed by atoms with Gasteiger partial charge in [0.1, 0.15) is 5.75 Å². The highest BCUT2D eigenvalue weighted by molar-refractivity contribution is 6.35. The largest absolute Gasteiger partial charge is 0.484 e. The van der Waals surface area contributed by atoms with Crippen molar-refractivity contribution in [3.63, 3.8) is 0 Å². The number of carbonyl (C=O) groups excluding carboxylic acids is 3. The van der Waals surface area contributed by atoms with Crippen LogP contribution < -0.4 is 20.8 Å². The van der Waals surface area contributed by atoms with Crippen molar-refractivity contribution in [3.05, 3.63) is 65.7 Å². The average Bonchev–Trinajstić information content (AvgIpc) is 2.79. The van der Waals surface area contributed by atoms with E-state index in [4.69, 9.17) is 9.47 Å². The molecule has 31 heavy (non-hydrogen) atoms. The molecule has 0 unspecified atom stereocenters. The van der Waals surface area contributed by atoms with Gasteiger partial charge in [-0.2, -0.15) is 5.10 Å². The van der Waals surface area contributed by atoms with Gasteiger partial charge in [-0.15, -0.1) is 0 Å². The molecule has 0 bridgehead atoms. The maximum absolute atomic E-state index is 12.1. The summed E-state index contributed by atoms with van der Waals surface area (Å²) in [6.07, 6.45) is 1.39. The van der Waals surface area contributed by atoms with E-state index in [1.807, 2.05) is 37.3 Å². The van der Waals surface area contributed by atoms with Crippen molar-refractivity contribution in [1.82, 2.24) is 16.1 Å². The van der Waals surface area contributed by atoms with E-state index in [9.17, 15) is 14.4 Å². The second-order valence-electron chi connectivity index (χ2n) is 6.51. The molecule has 2 aromatic carbocycles. The monoisotopic (exact) mass is 426 g/mol. The van der Waals surface area contributed by atoms with E-state index in [1.165, 1.54) is 13.3 Å². The number of rotatable bonds is 10. The first-order valence-corrected chi connectivity index (χ1v) is 9.67. The summed E-state index contributed by atoms with van der Waals surface area (Å²) >= 11 is 0. The first-order chi connectivity index (χ1) is 15.0. The highest BCUT2D eigenvalue weighted by atomic mass is 16.5. The van der Waals surface area contributed by atoms with Gasteiger partial charge in [-0.05, 0) is 42.3 Å². The Bertz CT molecular complexity index is 885. The van der Waals surface area contributed by atoms with Crippen LogP contribution in [0.15, 0.2) is 59.7 Å². The van der Waals surface area contributed by atoms with Gasteiger partial charge in [0.25, 0.3) is 5.91 Å². The standard InChI is InChI=1S/C22H26N4O5/c1-16(18-6-4-3-5-7-18)25-20(27)15-31-19-10-8-17(9-11-19)14-24-26-22(29)21(28)23-12-13-30-2/h3-11,14,16H,12-13,15H2,1-2H3,(H,23,28)(H,25,27)(H,26,29)/b24-14-/t16-/m0/s1. The number of nitrogens with zero attached hydrogens (tertiary/aromatic N) is 1. The Morgan fingerprint density at radius 2 is 1.74 bits per heavy atom. The number of ether oxygens (including phenoxy) is 2. The predicted molar refractivity (Wildman–Crippen MR) is 116 cm³/mol. The molecular weight excluding hydrogens is 400 g/mol. The molecule has 0 spiro atoms. The molecule has 0 saturated heterocycles. The summed E-state index contributed by atoms with van der Waals surface area (Å²) in [5.74, 6) is -1.38. The Hall–Kier alpha value is -3.72. The topological polar surface area (TPSA) is 118 Å². The van der Waals surface area contributed by atoms with Gasteiger partial charge in [-0.1, -0.05) is 30.3 Å². The van der Waals surface area contributed by atoms with Crippen molar-refractivity contribution in [2.24, 2.45) is 5.10 Å². The Labute approximate surface area is 180 Å². The summed E-state index contributed by atoms with van der Waals surface area (Å²) in [6.45, 7) is 2.34. The first-order valence-electron chi connectivity index (χ1n) is 9.67. The molecule has 0 aliphatic carbocycles. The highest BCUT2D eigenvalue weighted by Gasteiger charge is 2.11. The van der Waals surface area contributed by atoms with E-state index in [1.54, 1.807) is 24.3 Å². The Morgan fingerprint density at radius 1 is 1.03 bits per heavy atom. The minimum Gasteiger partial charge on any atom is -0.484 e. The second-order valence-corrected chi connectivity index (χ2v) is 6.51. The van der Waals surface area contributed by atoms with E-state index in [2.05, 4.69) is 21.2 Å². The molecule has 3 amide bonds. The third-order valence-electron chi connectivity index (χ3n) is 4.10. The molecule has 3 N–H and O–H groups in total. The molecule has 9 heteroatoms. The molecule has 0 aromatic heterocycles. The van der Waals surface area contributed by atoms with Gasteiger partial charge < -0.3 is 20.1 Å². The molecule has 2 aromatic rings. The van der Waals surface area contributed by atoms with Gasteiger partial charge in [0.2, 0.25) is 0 Å². The quantitative estimate of drug-likeness (QED) is 0.228. The lowest BCUT2D eigenvalue weighted by atomic mass is 10.1. The van der Waals surface area contributed by atoms with E-state index in [0.717, 1.165) is 5.56 Å². The molecular formula is C22H26N4O5. The maximum Gasteiger partial charge on any atom is 0.329 e. The van der Waals surface area contributed by atoms with Crippen LogP contribution in [0.25, 0.3) is 0 Å². The molecule has 0 saturated carbocycles. The van der Waals surface area contributed by atoms with Crippen LogP contribution in [0, 0.1) is 0 Å². The van der Waals surface area contributed by atoms with Gasteiger partial charge in [0, 0.05) is 13.7 Å². The lowest BCUT2D eigenvalue weighted by Crippen LogP contribution is -2.39. The molecule has 164 valence electrons. The average molecular weight is 426 g/mol.